The van der Waals surface area contributed by atoms with Gasteiger partial charge in [0.25, 0.3) is 5.69 Å². The Bertz CT molecular complexity index is 939. The lowest BCUT2D eigenvalue weighted by molar-refractivity contribution is -0.384. The van der Waals surface area contributed by atoms with Gasteiger partial charge in [0.1, 0.15) is 0 Å². The van der Waals surface area contributed by atoms with Gasteiger partial charge >= 0.3 is 12.1 Å². The van der Waals surface area contributed by atoms with Gasteiger partial charge in [-0.2, -0.15) is 18.3 Å². The highest BCUT2D eigenvalue weighted by atomic mass is 19.4. The molecule has 0 aliphatic rings. The lowest BCUT2D eigenvalue weighted by Crippen LogP contribution is -2.29. The van der Waals surface area contributed by atoms with Crippen molar-refractivity contribution in [1.82, 2.24) is 5.43 Å². The Morgan fingerprint density at radius 3 is 2.17 bits per heavy atom. The third-order valence-corrected chi connectivity index (χ3v) is 3.68. The van der Waals surface area contributed by atoms with E-state index in [4.69, 9.17) is 0 Å². The first-order valence-electron chi connectivity index (χ1n) is 8.11. The third kappa shape index (κ3) is 6.41. The summed E-state index contributed by atoms with van der Waals surface area (Å²) >= 11 is 0. The molecule has 0 saturated heterocycles. The molecule has 11 heteroatoms. The Labute approximate surface area is 162 Å². The fourth-order valence-corrected chi connectivity index (χ4v) is 2.17. The van der Waals surface area contributed by atoms with Gasteiger partial charge in [-0.15, -0.1) is 0 Å². The van der Waals surface area contributed by atoms with Crippen LogP contribution in [0.2, 0.25) is 0 Å². The summed E-state index contributed by atoms with van der Waals surface area (Å²) in [5.74, 6) is -2.53. The molecular weight excluding hydrogens is 393 g/mol. The number of anilines is 1. The van der Waals surface area contributed by atoms with E-state index in [0.29, 0.717) is 16.8 Å². The number of carbonyl (C=O) groups is 2. The van der Waals surface area contributed by atoms with E-state index in [2.05, 4.69) is 10.5 Å². The Morgan fingerprint density at radius 2 is 1.66 bits per heavy atom. The van der Waals surface area contributed by atoms with Crippen molar-refractivity contribution in [2.45, 2.75) is 19.5 Å². The number of rotatable bonds is 6. The minimum Gasteiger partial charge on any atom is -0.318 e. The predicted octanol–water partition coefficient (Wildman–Crippen LogP) is 3.18. The first-order chi connectivity index (χ1) is 13.6. The maximum absolute atomic E-state index is 12.2. The maximum atomic E-state index is 12.2. The molecule has 0 saturated carbocycles. The van der Waals surface area contributed by atoms with E-state index in [0.717, 1.165) is 0 Å². The van der Waals surface area contributed by atoms with Crippen molar-refractivity contribution in [2.75, 3.05) is 5.32 Å². The second-order valence-electron chi connectivity index (χ2n) is 5.86. The van der Waals surface area contributed by atoms with Crippen LogP contribution in [0.15, 0.2) is 53.6 Å². The maximum Gasteiger partial charge on any atom is 0.471 e. The summed E-state index contributed by atoms with van der Waals surface area (Å²) in [4.78, 5) is 32.9. The highest BCUT2D eigenvalue weighted by molar-refractivity contribution is 6.00. The molecule has 2 rings (SSSR count). The SMILES string of the molecule is C/C(=N\NC(=O)Cc1ccc([N+](=O)[O-])cc1)c1ccc(NC(=O)C(F)(F)F)cc1. The number of nitro groups is 1. The average Bonchev–Trinajstić information content (AvgIpc) is 2.66. The van der Waals surface area contributed by atoms with Crippen LogP contribution in [0.3, 0.4) is 0 Å². The zero-order valence-electron chi connectivity index (χ0n) is 15.0. The molecule has 2 aromatic rings. The molecule has 0 atom stereocenters. The lowest BCUT2D eigenvalue weighted by Gasteiger charge is -2.08. The topological polar surface area (TPSA) is 114 Å². The molecule has 0 fully saturated rings. The van der Waals surface area contributed by atoms with E-state index in [1.165, 1.54) is 48.5 Å². The van der Waals surface area contributed by atoms with Gasteiger partial charge < -0.3 is 5.32 Å². The zero-order valence-corrected chi connectivity index (χ0v) is 15.0. The summed E-state index contributed by atoms with van der Waals surface area (Å²) in [7, 11) is 0. The second-order valence-corrected chi connectivity index (χ2v) is 5.86. The van der Waals surface area contributed by atoms with Crippen LogP contribution in [0.5, 0.6) is 0 Å². The highest BCUT2D eigenvalue weighted by Crippen LogP contribution is 2.18. The van der Waals surface area contributed by atoms with Crippen LogP contribution in [0.1, 0.15) is 18.1 Å². The molecule has 29 heavy (non-hydrogen) atoms. The number of hydrogen-bond donors (Lipinski definition) is 2. The molecule has 2 amide bonds. The lowest BCUT2D eigenvalue weighted by atomic mass is 10.1. The van der Waals surface area contributed by atoms with Gasteiger partial charge in [0.15, 0.2) is 0 Å². The van der Waals surface area contributed by atoms with Crippen LogP contribution in [-0.4, -0.2) is 28.6 Å². The molecule has 152 valence electrons. The molecule has 0 heterocycles. The number of halogens is 3. The Kier molecular flexibility index (Phi) is 6.65. The molecule has 0 aliphatic heterocycles. The number of benzene rings is 2. The van der Waals surface area contributed by atoms with E-state index in [1.807, 2.05) is 0 Å². The minimum absolute atomic E-state index is 0.0360. The minimum atomic E-state index is -4.98. The standard InChI is InChI=1S/C18H15F3N4O4/c1-11(13-4-6-14(7-5-13)22-17(27)18(19,20)21)23-24-16(26)10-12-2-8-15(9-3-12)25(28)29/h2-9H,10H2,1H3,(H,22,27)(H,24,26)/b23-11+. The van der Waals surface area contributed by atoms with E-state index >= 15 is 0 Å². The Morgan fingerprint density at radius 1 is 1.07 bits per heavy atom. The largest absolute Gasteiger partial charge is 0.471 e. The fourth-order valence-electron chi connectivity index (χ4n) is 2.17. The Balaban J connectivity index is 1.94. The van der Waals surface area contributed by atoms with Crippen molar-refractivity contribution in [2.24, 2.45) is 5.10 Å². The van der Waals surface area contributed by atoms with Crippen molar-refractivity contribution >= 4 is 28.9 Å². The first-order valence-corrected chi connectivity index (χ1v) is 8.11. The molecule has 2 aromatic carbocycles. The summed E-state index contributed by atoms with van der Waals surface area (Å²) in [6, 6.07) is 10.9. The van der Waals surface area contributed by atoms with Gasteiger partial charge in [-0.1, -0.05) is 24.3 Å². The third-order valence-electron chi connectivity index (χ3n) is 3.68. The fraction of sp³-hybridized carbons (Fsp3) is 0.167. The van der Waals surface area contributed by atoms with Gasteiger partial charge in [0, 0.05) is 17.8 Å². The van der Waals surface area contributed by atoms with Gasteiger partial charge in [0.2, 0.25) is 5.91 Å². The molecular formula is C18H15F3N4O4. The zero-order chi connectivity index (χ0) is 21.6. The van der Waals surface area contributed by atoms with Crippen LogP contribution in [-0.2, 0) is 16.0 Å². The van der Waals surface area contributed by atoms with Crippen LogP contribution >= 0.6 is 0 Å². The van der Waals surface area contributed by atoms with Gasteiger partial charge in [-0.25, -0.2) is 5.43 Å². The smallest absolute Gasteiger partial charge is 0.318 e. The van der Waals surface area contributed by atoms with E-state index in [-0.39, 0.29) is 17.8 Å². The molecule has 8 nitrogen and oxygen atoms in total. The van der Waals surface area contributed by atoms with Crippen molar-refractivity contribution in [3.8, 4) is 0 Å². The molecule has 0 radical (unpaired) electrons. The quantitative estimate of drug-likeness (QED) is 0.434. The highest BCUT2D eigenvalue weighted by Gasteiger charge is 2.38. The number of hydrazone groups is 1. The molecule has 0 spiro atoms. The number of hydrogen-bond acceptors (Lipinski definition) is 5. The molecule has 2 N–H and O–H groups in total. The van der Waals surface area contributed by atoms with Crippen LogP contribution in [0, 0.1) is 10.1 Å². The van der Waals surface area contributed by atoms with Crippen LogP contribution in [0.4, 0.5) is 24.5 Å². The first kappa shape index (κ1) is 21.5. The predicted molar refractivity (Wildman–Crippen MR) is 98.3 cm³/mol. The number of alkyl halides is 3. The monoisotopic (exact) mass is 408 g/mol. The van der Waals surface area contributed by atoms with Gasteiger partial charge in [-0.3, -0.25) is 19.7 Å². The Hall–Kier alpha value is -3.76. The van der Waals surface area contributed by atoms with Crippen molar-refractivity contribution in [1.29, 1.82) is 0 Å². The van der Waals surface area contributed by atoms with E-state index in [9.17, 15) is 32.9 Å². The van der Waals surface area contributed by atoms with Crippen molar-refractivity contribution < 1.29 is 27.7 Å². The number of non-ortho nitro benzene ring substituents is 1. The summed E-state index contributed by atoms with van der Waals surface area (Å²) in [6.45, 7) is 1.58. The van der Waals surface area contributed by atoms with Crippen LogP contribution in [0.25, 0.3) is 0 Å². The second kappa shape index (κ2) is 8.95. The molecule has 0 aliphatic carbocycles. The summed E-state index contributed by atoms with van der Waals surface area (Å²) in [5.41, 5.74) is 3.67. The number of nitro benzene ring substituents is 1. The summed E-state index contributed by atoms with van der Waals surface area (Å²) in [6.07, 6.45) is -5.03. The number of nitrogens with one attached hydrogen (secondary N) is 2. The van der Waals surface area contributed by atoms with Gasteiger partial charge in [-0.05, 0) is 30.2 Å². The van der Waals surface area contributed by atoms with Gasteiger partial charge in [0.05, 0.1) is 17.1 Å². The summed E-state index contributed by atoms with van der Waals surface area (Å²) in [5, 5.41) is 16.2. The van der Waals surface area contributed by atoms with Crippen LogP contribution < -0.4 is 10.7 Å². The molecule has 0 bridgehead atoms. The van der Waals surface area contributed by atoms with Crippen molar-refractivity contribution in [3.05, 3.63) is 69.8 Å². The number of nitrogens with zero attached hydrogens (tertiary/aromatic N) is 2. The average molecular weight is 408 g/mol. The number of carbonyl (C=O) groups excluding carboxylic acids is 2. The van der Waals surface area contributed by atoms with E-state index in [1.54, 1.807) is 12.2 Å². The summed E-state index contributed by atoms with van der Waals surface area (Å²) < 4.78 is 36.7. The van der Waals surface area contributed by atoms with E-state index < -0.39 is 22.9 Å². The molecule has 0 unspecified atom stereocenters. The van der Waals surface area contributed by atoms with Crippen molar-refractivity contribution in [3.63, 3.8) is 0 Å². The normalized spacial score (nSPS) is 11.7. The molecule has 0 aromatic heterocycles. The number of amides is 2.